The van der Waals surface area contributed by atoms with E-state index in [2.05, 4.69) is 9.97 Å². The minimum absolute atomic E-state index is 0.0496. The van der Waals surface area contributed by atoms with Crippen LogP contribution in [0.1, 0.15) is 53.4 Å². The van der Waals surface area contributed by atoms with Crippen molar-refractivity contribution in [3.05, 3.63) is 134 Å². The molecular weight excluding hydrogens is 621 g/mol. The van der Waals surface area contributed by atoms with Crippen molar-refractivity contribution in [3.8, 4) is 17.3 Å². The lowest BCUT2D eigenvalue weighted by Crippen LogP contribution is -2.45. The summed E-state index contributed by atoms with van der Waals surface area (Å²) in [5, 5.41) is 10.6. The van der Waals surface area contributed by atoms with Crippen molar-refractivity contribution in [2.24, 2.45) is 5.92 Å². The molecule has 2 bridgehead atoms. The molecule has 1 aliphatic carbocycles. The lowest BCUT2D eigenvalue weighted by atomic mass is 9.78. The fraction of sp³-hybridized carbons (Fsp3) is 0.278. The number of halogens is 2. The number of nitrogens with zero attached hydrogens (tertiary/aromatic N) is 4. The van der Waals surface area contributed by atoms with Crippen LogP contribution in [0.3, 0.4) is 0 Å². The van der Waals surface area contributed by atoms with Gasteiger partial charge >= 0.3 is 6.09 Å². The number of nitrogens with one attached hydrogen (secondary N) is 1. The molecule has 0 radical (unpaired) electrons. The number of amides is 1. The molecule has 5 aromatic rings. The van der Waals surface area contributed by atoms with Crippen LogP contribution in [0.4, 0.5) is 9.18 Å². The zero-order valence-corrected chi connectivity index (χ0v) is 26.2. The zero-order valence-electron chi connectivity index (χ0n) is 25.5. The lowest BCUT2D eigenvalue weighted by molar-refractivity contribution is 0.0876. The molecular formula is C36H33ClFN5O4. The average molecular weight is 654 g/mol. The molecule has 9 nitrogen and oxygen atoms in total. The minimum Gasteiger partial charge on any atom is -0.481 e. The Morgan fingerprint density at radius 1 is 0.979 bits per heavy atom. The van der Waals surface area contributed by atoms with Gasteiger partial charge in [-0.3, -0.25) is 9.36 Å². The fourth-order valence-corrected chi connectivity index (χ4v) is 7.06. The fourth-order valence-electron chi connectivity index (χ4n) is 6.86. The first-order valence-electron chi connectivity index (χ1n) is 15.7. The maximum Gasteiger partial charge on any atom is 0.407 e. The molecule has 4 heterocycles. The van der Waals surface area contributed by atoms with E-state index in [0.717, 1.165) is 23.1 Å². The summed E-state index contributed by atoms with van der Waals surface area (Å²) in [4.78, 5) is 41.5. The van der Waals surface area contributed by atoms with Gasteiger partial charge in [0, 0.05) is 31.5 Å². The third-order valence-corrected chi connectivity index (χ3v) is 9.48. The maximum absolute atomic E-state index is 14.4. The van der Waals surface area contributed by atoms with Gasteiger partial charge in [-0.05, 0) is 54.0 Å². The van der Waals surface area contributed by atoms with Gasteiger partial charge in [-0.25, -0.2) is 19.2 Å². The van der Waals surface area contributed by atoms with Gasteiger partial charge in [0.2, 0.25) is 5.75 Å². The van der Waals surface area contributed by atoms with E-state index in [0.29, 0.717) is 37.3 Å². The summed E-state index contributed by atoms with van der Waals surface area (Å²) in [6.45, 7) is 0.796. The molecule has 1 fully saturated rings. The number of aromatic amines is 1. The van der Waals surface area contributed by atoms with Crippen molar-refractivity contribution >= 4 is 17.7 Å². The summed E-state index contributed by atoms with van der Waals surface area (Å²) in [7, 11) is 0. The maximum atomic E-state index is 14.4. The summed E-state index contributed by atoms with van der Waals surface area (Å²) in [5.74, 6) is 0.292. The Morgan fingerprint density at radius 3 is 2.38 bits per heavy atom. The molecule has 3 atom stereocenters. The minimum atomic E-state index is -1.01. The first kappa shape index (κ1) is 30.7. The third-order valence-electron chi connectivity index (χ3n) is 9.17. The lowest BCUT2D eigenvalue weighted by Gasteiger charge is -2.38. The van der Waals surface area contributed by atoms with Gasteiger partial charge in [0.1, 0.15) is 18.2 Å². The molecule has 8 rings (SSSR count). The average Bonchev–Trinajstić information content (AvgIpc) is 3.25. The van der Waals surface area contributed by atoms with E-state index in [4.69, 9.17) is 21.3 Å². The van der Waals surface area contributed by atoms with E-state index in [-0.39, 0.29) is 64.8 Å². The topological polar surface area (TPSA) is 113 Å². The molecule has 2 aliphatic heterocycles. The number of rotatable bonds is 9. The van der Waals surface area contributed by atoms with Gasteiger partial charge < -0.3 is 19.7 Å². The summed E-state index contributed by atoms with van der Waals surface area (Å²) in [6.07, 6.45) is 1.52. The van der Waals surface area contributed by atoms with Crippen molar-refractivity contribution in [2.45, 2.75) is 57.3 Å². The Kier molecular flexibility index (Phi) is 8.51. The van der Waals surface area contributed by atoms with Crippen LogP contribution >= 0.6 is 11.6 Å². The van der Waals surface area contributed by atoms with E-state index in [1.807, 2.05) is 60.7 Å². The highest BCUT2D eigenvalue weighted by molar-refractivity contribution is 6.30. The number of H-pyrrole nitrogens is 1. The Hall–Kier alpha value is -4.96. The Morgan fingerprint density at radius 2 is 1.68 bits per heavy atom. The van der Waals surface area contributed by atoms with Crippen LogP contribution in [0.2, 0.25) is 5.15 Å². The molecule has 0 spiro atoms. The van der Waals surface area contributed by atoms with Gasteiger partial charge in [0.15, 0.2) is 16.7 Å². The Bertz CT molecular complexity index is 1950. The number of imidazole rings is 1. The van der Waals surface area contributed by atoms with E-state index in [1.54, 1.807) is 16.7 Å². The molecule has 1 amide bonds. The molecule has 2 aromatic heterocycles. The van der Waals surface area contributed by atoms with Crippen LogP contribution in [0.15, 0.2) is 89.7 Å². The highest BCUT2D eigenvalue weighted by atomic mass is 35.5. The number of benzene rings is 3. The molecule has 1 saturated carbocycles. The predicted molar refractivity (Wildman–Crippen MR) is 175 cm³/mol. The molecule has 3 aromatic carbocycles. The second kappa shape index (κ2) is 13.0. The largest absolute Gasteiger partial charge is 0.481 e. The van der Waals surface area contributed by atoms with Crippen LogP contribution in [0, 0.1) is 11.7 Å². The molecule has 11 heteroatoms. The smallest absolute Gasteiger partial charge is 0.407 e. The van der Waals surface area contributed by atoms with Crippen molar-refractivity contribution in [2.75, 3.05) is 0 Å². The number of ether oxygens (including phenoxy) is 1. The van der Waals surface area contributed by atoms with Crippen molar-refractivity contribution in [1.82, 2.24) is 24.4 Å². The summed E-state index contributed by atoms with van der Waals surface area (Å²) in [6, 6.07) is 24.8. The SMILES string of the molecule is O=C(O)N(Cc1ccccc1)C1CC2CCC1c1nc(-c3nc(Cl)c(Cc4ccc(F)cc4)[nH]3)c(OCc3ccccc3)c(=O)n1C2. The Balaban J connectivity index is 1.31. The standard InChI is InChI=1S/C36H33ClFN5O4/c37-32-28(17-22-11-14-26(38)15-12-22)39-33(41-32)30-31(47-21-24-9-5-2-6-10-24)35(44)43-20-25-13-16-27(34(43)40-30)29(18-25)42(36(45)46)19-23-7-3-1-4-8-23/h1-12,14-15,25,27,29H,13,16-21H2,(H,39,41)(H,45,46). The van der Waals surface area contributed by atoms with Crippen LogP contribution in [-0.2, 0) is 26.1 Å². The number of hydrogen-bond acceptors (Lipinski definition) is 5. The number of carboxylic acid groups (broad SMARTS) is 1. The quantitative estimate of drug-likeness (QED) is 0.176. The van der Waals surface area contributed by atoms with Crippen molar-refractivity contribution in [3.63, 3.8) is 0 Å². The number of hydrogen-bond donors (Lipinski definition) is 2. The van der Waals surface area contributed by atoms with Crippen LogP contribution < -0.4 is 10.3 Å². The van der Waals surface area contributed by atoms with E-state index < -0.39 is 6.09 Å². The first-order chi connectivity index (χ1) is 22.8. The van der Waals surface area contributed by atoms with E-state index in [1.165, 1.54) is 17.0 Å². The normalized spacial score (nSPS) is 18.4. The monoisotopic (exact) mass is 653 g/mol. The zero-order chi connectivity index (χ0) is 32.5. The third kappa shape index (κ3) is 6.38. The molecule has 2 N–H and O–H groups in total. The van der Waals surface area contributed by atoms with Gasteiger partial charge in [-0.1, -0.05) is 84.4 Å². The van der Waals surface area contributed by atoms with Crippen molar-refractivity contribution < 1.29 is 19.0 Å². The second-order valence-electron chi connectivity index (χ2n) is 12.2. The van der Waals surface area contributed by atoms with Crippen LogP contribution in [0.5, 0.6) is 5.75 Å². The van der Waals surface area contributed by atoms with E-state index in [9.17, 15) is 19.1 Å². The van der Waals surface area contributed by atoms with Crippen LogP contribution in [-0.4, -0.2) is 41.7 Å². The molecule has 0 saturated heterocycles. The molecule has 47 heavy (non-hydrogen) atoms. The highest BCUT2D eigenvalue weighted by Crippen LogP contribution is 2.43. The number of fused-ring (bicyclic) bond motifs is 2. The molecule has 3 unspecified atom stereocenters. The summed E-state index contributed by atoms with van der Waals surface area (Å²) in [5.41, 5.74) is 3.06. The summed E-state index contributed by atoms with van der Waals surface area (Å²) < 4.78 is 21.4. The second-order valence-corrected chi connectivity index (χ2v) is 12.6. The number of carbonyl (C=O) groups is 1. The molecule has 240 valence electrons. The molecule has 3 aliphatic rings. The van der Waals surface area contributed by atoms with Crippen LogP contribution in [0.25, 0.3) is 11.5 Å². The highest BCUT2D eigenvalue weighted by Gasteiger charge is 2.43. The van der Waals surface area contributed by atoms with E-state index >= 15 is 0 Å². The van der Waals surface area contributed by atoms with Crippen molar-refractivity contribution in [1.29, 1.82) is 0 Å². The van der Waals surface area contributed by atoms with Gasteiger partial charge in [-0.2, -0.15) is 0 Å². The first-order valence-corrected chi connectivity index (χ1v) is 16.1. The van der Waals surface area contributed by atoms with Gasteiger partial charge in [-0.15, -0.1) is 0 Å². The Labute approximate surface area is 275 Å². The summed E-state index contributed by atoms with van der Waals surface area (Å²) >= 11 is 6.61. The number of aromatic nitrogens is 4. The van der Waals surface area contributed by atoms with Gasteiger partial charge in [0.05, 0.1) is 5.69 Å². The predicted octanol–water partition coefficient (Wildman–Crippen LogP) is 7.04. The van der Waals surface area contributed by atoms with Gasteiger partial charge in [0.25, 0.3) is 5.56 Å².